The van der Waals surface area contributed by atoms with Crippen LogP contribution in [-0.2, 0) is 37.4 Å². The van der Waals surface area contributed by atoms with Gasteiger partial charge in [-0.15, -0.1) is 17.7 Å². The third-order valence-electron chi connectivity index (χ3n) is 3.51. The molecule has 0 unspecified atom stereocenters. The summed E-state index contributed by atoms with van der Waals surface area (Å²) in [5, 5.41) is 0. The first-order valence-electron chi connectivity index (χ1n) is 7.09. The van der Waals surface area contributed by atoms with Gasteiger partial charge in [-0.3, -0.25) is 0 Å². The number of allylic oxidation sites excluding steroid dienone is 3. The Hall–Kier alpha value is -0.896. The first-order chi connectivity index (χ1) is 10.1. The van der Waals surface area contributed by atoms with Crippen LogP contribution in [0.25, 0.3) is 5.70 Å². The Balaban J connectivity index is 0.00000242. The quantitative estimate of drug-likeness (QED) is 0.561. The summed E-state index contributed by atoms with van der Waals surface area (Å²) in [7, 11) is 3.71. The number of ether oxygens (including phenoxy) is 2. The van der Waals surface area contributed by atoms with E-state index < -0.39 is 0 Å². The van der Waals surface area contributed by atoms with Gasteiger partial charge in [-0.2, -0.15) is 12.2 Å². The van der Waals surface area contributed by atoms with Crippen molar-refractivity contribution >= 4 is 5.70 Å². The van der Waals surface area contributed by atoms with Crippen molar-refractivity contribution in [2.75, 3.05) is 27.4 Å². The fourth-order valence-electron chi connectivity index (χ4n) is 2.14. The molecule has 3 nitrogen and oxygen atoms in total. The number of nitrogens with zero attached hydrogens (tertiary/aromatic N) is 1. The summed E-state index contributed by atoms with van der Waals surface area (Å²) in [5.41, 5.74) is 4.27. The molecular weight excluding hydrogens is 351 g/mol. The van der Waals surface area contributed by atoms with Crippen molar-refractivity contribution in [3.05, 3.63) is 59.8 Å². The van der Waals surface area contributed by atoms with Gasteiger partial charge in [0.1, 0.15) is 5.75 Å². The Morgan fingerprint density at radius 1 is 1.18 bits per heavy atom. The summed E-state index contributed by atoms with van der Waals surface area (Å²) >= 11 is 0. The minimum atomic E-state index is 0. The number of benzene rings is 1. The van der Waals surface area contributed by atoms with E-state index in [0.717, 1.165) is 41.3 Å². The summed E-state index contributed by atoms with van der Waals surface area (Å²) in [4.78, 5) is 2.06. The Labute approximate surface area is 158 Å². The summed E-state index contributed by atoms with van der Waals surface area (Å²) in [5.74, 6) is 0.875. The molecule has 0 aliphatic carbocycles. The van der Waals surface area contributed by atoms with Crippen LogP contribution in [0.15, 0.2) is 48.2 Å². The smallest absolute Gasteiger partial charge is 0.117 e. The molecule has 0 spiro atoms. The van der Waals surface area contributed by atoms with Gasteiger partial charge in [0.2, 0.25) is 0 Å². The molecule has 1 radical (unpaired) electrons. The zero-order valence-corrected chi connectivity index (χ0v) is 16.4. The van der Waals surface area contributed by atoms with Gasteiger partial charge < -0.3 is 14.4 Å². The maximum absolute atomic E-state index is 5.66. The van der Waals surface area contributed by atoms with Crippen LogP contribution in [0.3, 0.4) is 0 Å². The molecule has 1 aromatic rings. The van der Waals surface area contributed by atoms with Crippen molar-refractivity contribution in [1.29, 1.82) is 0 Å². The van der Waals surface area contributed by atoms with Gasteiger partial charge in [-0.25, -0.2) is 0 Å². The average Bonchev–Trinajstić information content (AvgIpc) is 2.50. The molecule has 115 valence electrons. The molecule has 1 aromatic carbocycles. The van der Waals surface area contributed by atoms with Crippen molar-refractivity contribution < 1.29 is 42.2 Å². The van der Waals surface area contributed by atoms with Crippen LogP contribution in [0.1, 0.15) is 18.9 Å². The second-order valence-corrected chi connectivity index (χ2v) is 5.05. The van der Waals surface area contributed by atoms with E-state index in [-0.39, 0.29) is 32.7 Å². The van der Waals surface area contributed by atoms with Gasteiger partial charge >= 0.3 is 0 Å². The molecule has 1 aliphatic heterocycles. The molecular formula is C18H22NO2Y-. The molecule has 0 aromatic heterocycles. The van der Waals surface area contributed by atoms with Gasteiger partial charge in [0.25, 0.3) is 0 Å². The van der Waals surface area contributed by atoms with E-state index in [4.69, 9.17) is 9.47 Å². The van der Waals surface area contributed by atoms with E-state index in [1.165, 1.54) is 0 Å². The second-order valence-electron chi connectivity index (χ2n) is 5.05. The zero-order chi connectivity index (χ0) is 15.2. The van der Waals surface area contributed by atoms with E-state index in [9.17, 15) is 0 Å². The fourth-order valence-corrected chi connectivity index (χ4v) is 2.14. The van der Waals surface area contributed by atoms with Crippen LogP contribution in [-0.4, -0.2) is 32.3 Å². The number of hydrogen-bond acceptors (Lipinski definition) is 3. The first-order valence-corrected chi connectivity index (χ1v) is 7.09. The molecule has 0 saturated heterocycles. The molecule has 1 aliphatic rings. The Bertz CT molecular complexity index is 561. The van der Waals surface area contributed by atoms with Crippen LogP contribution in [0.5, 0.6) is 5.75 Å². The number of rotatable bonds is 6. The standard InChI is InChI=1S/C18H22NO2.Y/c1-14-6-11-18(19(3)15(14)2)16-7-9-17(10-8-16)21-13-5-12-20-4;/h6-10H,2,5,12-13H2,1,3-4H3;/q-1;. The minimum absolute atomic E-state index is 0. The predicted octanol–water partition coefficient (Wildman–Crippen LogP) is 3.65. The number of likely N-dealkylation sites (N-methyl/N-ethyl adjacent to an activating group) is 1. The van der Waals surface area contributed by atoms with Crippen molar-refractivity contribution in [2.45, 2.75) is 13.3 Å². The number of hydrogen-bond donors (Lipinski definition) is 0. The molecule has 1 heterocycles. The van der Waals surface area contributed by atoms with Crippen molar-refractivity contribution in [3.63, 3.8) is 0 Å². The van der Waals surface area contributed by atoms with Crippen LogP contribution >= 0.6 is 0 Å². The average molecular weight is 373 g/mol. The molecule has 4 heteroatoms. The zero-order valence-electron chi connectivity index (χ0n) is 13.6. The molecule has 0 saturated carbocycles. The van der Waals surface area contributed by atoms with E-state index in [0.29, 0.717) is 6.61 Å². The summed E-state index contributed by atoms with van der Waals surface area (Å²) in [6.45, 7) is 7.52. The fraction of sp³-hybridized carbons (Fsp3) is 0.333. The van der Waals surface area contributed by atoms with Crippen LogP contribution in [0, 0.1) is 6.08 Å². The maximum atomic E-state index is 5.66. The Morgan fingerprint density at radius 3 is 2.50 bits per heavy atom. The molecule has 0 fully saturated rings. The third kappa shape index (κ3) is 4.80. The van der Waals surface area contributed by atoms with E-state index in [1.54, 1.807) is 7.11 Å². The SMILES string of the molecule is C=C1C(C)=C[C-]=C(c2ccc(OCCCOC)cc2)N1C.[Y]. The van der Waals surface area contributed by atoms with E-state index in [1.807, 2.05) is 44.3 Å². The molecule has 22 heavy (non-hydrogen) atoms. The van der Waals surface area contributed by atoms with E-state index in [2.05, 4.69) is 17.6 Å². The van der Waals surface area contributed by atoms with Gasteiger partial charge in [-0.1, -0.05) is 24.8 Å². The largest absolute Gasteiger partial charge is 0.494 e. The van der Waals surface area contributed by atoms with Crippen LogP contribution < -0.4 is 4.74 Å². The van der Waals surface area contributed by atoms with Crippen molar-refractivity contribution in [3.8, 4) is 5.75 Å². The molecule has 0 bridgehead atoms. The maximum Gasteiger partial charge on any atom is 0.117 e. The monoisotopic (exact) mass is 373 g/mol. The predicted molar refractivity (Wildman–Crippen MR) is 85.7 cm³/mol. The van der Waals surface area contributed by atoms with Crippen LogP contribution in [0.2, 0.25) is 0 Å². The summed E-state index contributed by atoms with van der Waals surface area (Å²) < 4.78 is 10.7. The molecule has 0 amide bonds. The van der Waals surface area contributed by atoms with Gasteiger partial charge in [0, 0.05) is 59.9 Å². The van der Waals surface area contributed by atoms with Crippen molar-refractivity contribution in [2.24, 2.45) is 0 Å². The topological polar surface area (TPSA) is 21.7 Å². The van der Waals surface area contributed by atoms with Crippen LogP contribution in [0.4, 0.5) is 0 Å². The first kappa shape index (κ1) is 19.2. The summed E-state index contributed by atoms with van der Waals surface area (Å²) in [6, 6.07) is 8.07. The third-order valence-corrected chi connectivity index (χ3v) is 3.51. The second kappa shape index (κ2) is 9.29. The van der Waals surface area contributed by atoms with Gasteiger partial charge in [0.05, 0.1) is 6.61 Å². The molecule has 0 N–H and O–H groups in total. The molecule has 0 atom stereocenters. The molecule has 2 rings (SSSR count). The minimum Gasteiger partial charge on any atom is -0.494 e. The normalized spacial score (nSPS) is 14.1. The van der Waals surface area contributed by atoms with Crippen molar-refractivity contribution in [1.82, 2.24) is 4.90 Å². The van der Waals surface area contributed by atoms with Gasteiger partial charge in [0.15, 0.2) is 0 Å². The summed E-state index contributed by atoms with van der Waals surface area (Å²) in [6.07, 6.45) is 6.18. The Kier molecular flexibility index (Phi) is 8.09. The Morgan fingerprint density at radius 2 is 1.86 bits per heavy atom. The number of methoxy groups -OCH3 is 1. The van der Waals surface area contributed by atoms with E-state index >= 15 is 0 Å². The van der Waals surface area contributed by atoms with Gasteiger partial charge in [-0.05, 0) is 17.8 Å².